The summed E-state index contributed by atoms with van der Waals surface area (Å²) in [6, 6.07) is 13.0. The fourth-order valence-corrected chi connectivity index (χ4v) is 2.96. The Morgan fingerprint density at radius 3 is 2.39 bits per heavy atom. The molecule has 0 radical (unpaired) electrons. The standard InChI is InChI=1S/C21H19N5O5/c1-13(27)14-8-10-15(11-9-14)24-19-18(26(29)30)20(23-12-22-19)25(2)17-7-5-4-6-16(17)21(28)31-3/h4-12H,1-3H3,(H,22,23,24). The lowest BCUT2D eigenvalue weighted by Crippen LogP contribution is -2.18. The number of ether oxygens (including phenoxy) is 1. The quantitative estimate of drug-likeness (QED) is 0.261. The van der Waals surface area contributed by atoms with Crippen LogP contribution < -0.4 is 10.2 Å². The Kier molecular flexibility index (Phi) is 6.20. The molecule has 0 saturated carbocycles. The third-order valence-corrected chi connectivity index (χ3v) is 4.53. The molecule has 0 aliphatic rings. The Balaban J connectivity index is 2.04. The highest BCUT2D eigenvalue weighted by molar-refractivity contribution is 5.97. The summed E-state index contributed by atoms with van der Waals surface area (Å²) in [7, 11) is 2.81. The molecule has 31 heavy (non-hydrogen) atoms. The second-order valence-electron chi connectivity index (χ2n) is 6.48. The van der Waals surface area contributed by atoms with Crippen LogP contribution in [0.3, 0.4) is 0 Å². The number of rotatable bonds is 7. The Bertz CT molecular complexity index is 1150. The van der Waals surface area contributed by atoms with Crippen molar-refractivity contribution in [2.75, 3.05) is 24.4 Å². The van der Waals surface area contributed by atoms with Gasteiger partial charge in [0.2, 0.25) is 11.6 Å². The van der Waals surface area contributed by atoms with Gasteiger partial charge < -0.3 is 15.0 Å². The van der Waals surface area contributed by atoms with Gasteiger partial charge in [-0.05, 0) is 43.3 Å². The third kappa shape index (κ3) is 4.47. The van der Waals surface area contributed by atoms with Crippen molar-refractivity contribution in [1.82, 2.24) is 9.97 Å². The molecule has 0 spiro atoms. The number of aromatic nitrogens is 2. The Morgan fingerprint density at radius 1 is 1.10 bits per heavy atom. The second-order valence-corrected chi connectivity index (χ2v) is 6.48. The molecule has 0 amide bonds. The van der Waals surface area contributed by atoms with Crippen molar-refractivity contribution in [2.24, 2.45) is 0 Å². The van der Waals surface area contributed by atoms with E-state index in [0.717, 1.165) is 0 Å². The zero-order valence-corrected chi connectivity index (χ0v) is 17.0. The molecular weight excluding hydrogens is 402 g/mol. The lowest BCUT2D eigenvalue weighted by molar-refractivity contribution is -0.383. The molecular formula is C21H19N5O5. The number of ketones is 1. The van der Waals surface area contributed by atoms with Crippen LogP contribution in [-0.4, -0.2) is 40.8 Å². The van der Waals surface area contributed by atoms with E-state index in [9.17, 15) is 19.7 Å². The number of nitrogens with zero attached hydrogens (tertiary/aromatic N) is 4. The van der Waals surface area contributed by atoms with Gasteiger partial charge in [-0.3, -0.25) is 14.9 Å². The zero-order chi connectivity index (χ0) is 22.5. The lowest BCUT2D eigenvalue weighted by Gasteiger charge is -2.21. The summed E-state index contributed by atoms with van der Waals surface area (Å²) in [5, 5.41) is 14.8. The molecule has 3 rings (SSSR count). The van der Waals surface area contributed by atoms with Crippen molar-refractivity contribution < 1.29 is 19.2 Å². The van der Waals surface area contributed by atoms with E-state index in [1.54, 1.807) is 55.6 Å². The van der Waals surface area contributed by atoms with Crippen LogP contribution in [0.2, 0.25) is 0 Å². The SMILES string of the molecule is COC(=O)c1ccccc1N(C)c1ncnc(Nc2ccc(C(C)=O)cc2)c1[N+](=O)[O-]. The number of para-hydroxylation sites is 1. The van der Waals surface area contributed by atoms with Gasteiger partial charge in [-0.25, -0.2) is 14.8 Å². The molecule has 0 aliphatic heterocycles. The van der Waals surface area contributed by atoms with Crippen molar-refractivity contribution in [2.45, 2.75) is 6.92 Å². The molecule has 0 aliphatic carbocycles. The zero-order valence-electron chi connectivity index (χ0n) is 17.0. The van der Waals surface area contributed by atoms with Gasteiger partial charge in [0.1, 0.15) is 6.33 Å². The van der Waals surface area contributed by atoms with E-state index in [4.69, 9.17) is 4.74 Å². The largest absolute Gasteiger partial charge is 0.465 e. The van der Waals surface area contributed by atoms with Crippen molar-refractivity contribution in [1.29, 1.82) is 0 Å². The Hall–Kier alpha value is -4.34. The monoisotopic (exact) mass is 421 g/mol. The van der Waals surface area contributed by atoms with E-state index < -0.39 is 10.9 Å². The number of nitrogens with one attached hydrogen (secondary N) is 1. The summed E-state index contributed by atoms with van der Waals surface area (Å²) in [6.45, 7) is 1.45. The van der Waals surface area contributed by atoms with E-state index in [0.29, 0.717) is 16.9 Å². The van der Waals surface area contributed by atoms with Gasteiger partial charge in [0.25, 0.3) is 0 Å². The van der Waals surface area contributed by atoms with Gasteiger partial charge in [-0.15, -0.1) is 0 Å². The molecule has 0 saturated heterocycles. The average molecular weight is 421 g/mol. The van der Waals surface area contributed by atoms with Crippen LogP contribution in [0.15, 0.2) is 54.9 Å². The number of nitro groups is 1. The van der Waals surface area contributed by atoms with Gasteiger partial charge in [-0.1, -0.05) is 12.1 Å². The molecule has 0 fully saturated rings. The predicted molar refractivity (Wildman–Crippen MR) is 114 cm³/mol. The number of benzene rings is 2. The first-order valence-corrected chi connectivity index (χ1v) is 9.12. The summed E-state index contributed by atoms with van der Waals surface area (Å²) in [4.78, 5) is 44.4. The van der Waals surface area contributed by atoms with Gasteiger partial charge in [0.05, 0.1) is 23.3 Å². The van der Waals surface area contributed by atoms with Crippen LogP contribution in [0.25, 0.3) is 0 Å². The normalized spacial score (nSPS) is 10.3. The highest BCUT2D eigenvalue weighted by atomic mass is 16.6. The molecule has 10 nitrogen and oxygen atoms in total. The number of esters is 1. The second kappa shape index (κ2) is 8.99. The minimum absolute atomic E-state index is 0.0146. The summed E-state index contributed by atoms with van der Waals surface area (Å²) in [6.07, 6.45) is 1.19. The lowest BCUT2D eigenvalue weighted by atomic mass is 10.1. The van der Waals surface area contributed by atoms with Gasteiger partial charge in [0, 0.05) is 18.3 Å². The first kappa shape index (κ1) is 21.4. The number of carbonyl (C=O) groups is 2. The fraction of sp³-hybridized carbons (Fsp3) is 0.143. The summed E-state index contributed by atoms with van der Waals surface area (Å²) >= 11 is 0. The van der Waals surface area contributed by atoms with Crippen LogP contribution in [0, 0.1) is 10.1 Å². The van der Waals surface area contributed by atoms with Crippen LogP contribution in [0.1, 0.15) is 27.6 Å². The number of anilines is 4. The maximum Gasteiger partial charge on any atom is 0.354 e. The number of carbonyl (C=O) groups excluding carboxylic acids is 2. The molecule has 3 aromatic rings. The molecule has 0 unspecified atom stereocenters. The van der Waals surface area contributed by atoms with E-state index in [1.165, 1.54) is 25.3 Å². The molecule has 0 bridgehead atoms. The van der Waals surface area contributed by atoms with Crippen molar-refractivity contribution >= 4 is 40.5 Å². The van der Waals surface area contributed by atoms with E-state index in [2.05, 4.69) is 15.3 Å². The molecule has 2 aromatic carbocycles. The average Bonchev–Trinajstić information content (AvgIpc) is 2.78. The molecule has 1 N–H and O–H groups in total. The van der Waals surface area contributed by atoms with Crippen molar-refractivity contribution in [3.8, 4) is 0 Å². The molecule has 0 atom stereocenters. The van der Waals surface area contributed by atoms with Crippen LogP contribution in [0.5, 0.6) is 0 Å². The van der Waals surface area contributed by atoms with Crippen LogP contribution in [-0.2, 0) is 4.74 Å². The Labute approximate surface area is 177 Å². The summed E-state index contributed by atoms with van der Waals surface area (Å²) in [5.41, 5.74) is 1.26. The minimum Gasteiger partial charge on any atom is -0.465 e. The highest BCUT2D eigenvalue weighted by Crippen LogP contribution is 2.37. The molecule has 1 aromatic heterocycles. The summed E-state index contributed by atoms with van der Waals surface area (Å²) < 4.78 is 4.80. The van der Waals surface area contributed by atoms with E-state index in [-0.39, 0.29) is 28.7 Å². The summed E-state index contributed by atoms with van der Waals surface area (Å²) in [5.74, 6) is -0.719. The van der Waals surface area contributed by atoms with Gasteiger partial charge in [0.15, 0.2) is 5.78 Å². The van der Waals surface area contributed by atoms with E-state index >= 15 is 0 Å². The first-order valence-electron chi connectivity index (χ1n) is 9.12. The topological polar surface area (TPSA) is 128 Å². The van der Waals surface area contributed by atoms with Crippen molar-refractivity contribution in [3.63, 3.8) is 0 Å². The van der Waals surface area contributed by atoms with Crippen LogP contribution in [0.4, 0.5) is 28.7 Å². The van der Waals surface area contributed by atoms with Gasteiger partial charge in [-0.2, -0.15) is 0 Å². The molecule has 158 valence electrons. The maximum absolute atomic E-state index is 12.1. The molecule has 10 heteroatoms. The minimum atomic E-state index is -0.598. The molecule has 1 heterocycles. The number of Topliss-reactive ketones (excluding diaryl/α,β-unsaturated/α-hetero) is 1. The third-order valence-electron chi connectivity index (χ3n) is 4.53. The van der Waals surface area contributed by atoms with E-state index in [1.807, 2.05) is 0 Å². The Morgan fingerprint density at radius 2 is 1.77 bits per heavy atom. The first-order chi connectivity index (χ1) is 14.8. The number of hydrogen-bond donors (Lipinski definition) is 1. The van der Waals surface area contributed by atoms with Crippen LogP contribution >= 0.6 is 0 Å². The number of hydrogen-bond acceptors (Lipinski definition) is 9. The highest BCUT2D eigenvalue weighted by Gasteiger charge is 2.28. The van der Waals surface area contributed by atoms with Crippen molar-refractivity contribution in [3.05, 3.63) is 76.1 Å². The fourth-order valence-electron chi connectivity index (χ4n) is 2.96. The maximum atomic E-state index is 12.1. The number of methoxy groups -OCH3 is 1. The smallest absolute Gasteiger partial charge is 0.354 e. The van der Waals surface area contributed by atoms with Gasteiger partial charge >= 0.3 is 11.7 Å². The predicted octanol–water partition coefficient (Wildman–Crippen LogP) is 3.89.